The average molecular weight is 434 g/mol. The van der Waals surface area contributed by atoms with Gasteiger partial charge in [-0.05, 0) is 35.9 Å². The highest BCUT2D eigenvalue weighted by atomic mass is 35.5. The van der Waals surface area contributed by atoms with E-state index in [9.17, 15) is 9.59 Å². The Labute approximate surface area is 176 Å². The normalized spacial score (nSPS) is 10.5. The van der Waals surface area contributed by atoms with Crippen molar-refractivity contribution in [2.45, 2.75) is 19.8 Å². The predicted octanol–water partition coefficient (Wildman–Crippen LogP) is 5.18. The fourth-order valence-electron chi connectivity index (χ4n) is 2.59. The molecular formula is C20H17Cl2N3O2S. The molecule has 0 unspecified atom stereocenters. The van der Waals surface area contributed by atoms with Crippen LogP contribution < -0.4 is 10.6 Å². The molecule has 0 aliphatic carbocycles. The van der Waals surface area contributed by atoms with Crippen molar-refractivity contribution in [2.24, 2.45) is 0 Å². The van der Waals surface area contributed by atoms with Gasteiger partial charge in [-0.1, -0.05) is 35.3 Å². The van der Waals surface area contributed by atoms with Crippen molar-refractivity contribution < 1.29 is 9.59 Å². The highest BCUT2D eigenvalue weighted by Crippen LogP contribution is 2.26. The summed E-state index contributed by atoms with van der Waals surface area (Å²) in [6, 6.07) is 12.5. The fraction of sp³-hybridized carbons (Fsp3) is 0.150. The monoisotopic (exact) mass is 433 g/mol. The highest BCUT2D eigenvalue weighted by molar-refractivity contribution is 7.09. The quantitative estimate of drug-likeness (QED) is 0.562. The number of nitrogens with zero attached hydrogens (tertiary/aromatic N) is 1. The van der Waals surface area contributed by atoms with Crippen LogP contribution in [0.15, 0.2) is 47.8 Å². The van der Waals surface area contributed by atoms with Gasteiger partial charge in [0.15, 0.2) is 0 Å². The van der Waals surface area contributed by atoms with E-state index in [0.29, 0.717) is 33.5 Å². The molecule has 0 saturated carbocycles. The van der Waals surface area contributed by atoms with Crippen LogP contribution >= 0.6 is 34.5 Å². The van der Waals surface area contributed by atoms with Crippen LogP contribution in [0.3, 0.4) is 0 Å². The van der Waals surface area contributed by atoms with Crippen molar-refractivity contribution in [1.82, 2.24) is 4.98 Å². The van der Waals surface area contributed by atoms with Gasteiger partial charge in [-0.15, -0.1) is 11.3 Å². The number of carbonyl (C=O) groups excluding carboxylic acids is 2. The maximum atomic E-state index is 12.3. The van der Waals surface area contributed by atoms with Crippen LogP contribution in [-0.2, 0) is 22.4 Å². The number of rotatable bonds is 6. The van der Waals surface area contributed by atoms with E-state index in [-0.39, 0.29) is 18.2 Å². The zero-order valence-corrected chi connectivity index (χ0v) is 17.3. The molecule has 1 heterocycles. The third-order valence-electron chi connectivity index (χ3n) is 3.75. The van der Waals surface area contributed by atoms with Gasteiger partial charge in [0.05, 0.1) is 27.8 Å². The molecule has 0 bridgehead atoms. The number of nitrogens with one attached hydrogen (secondary N) is 2. The van der Waals surface area contributed by atoms with Crippen LogP contribution in [0.5, 0.6) is 0 Å². The highest BCUT2D eigenvalue weighted by Gasteiger charge is 2.11. The van der Waals surface area contributed by atoms with Crippen LogP contribution in [0.2, 0.25) is 10.0 Å². The molecule has 144 valence electrons. The zero-order chi connectivity index (χ0) is 20.1. The van der Waals surface area contributed by atoms with Gasteiger partial charge in [-0.25, -0.2) is 4.98 Å². The van der Waals surface area contributed by atoms with Crippen molar-refractivity contribution in [2.75, 3.05) is 10.6 Å². The average Bonchev–Trinajstić information content (AvgIpc) is 3.03. The molecule has 0 fully saturated rings. The first-order chi connectivity index (χ1) is 13.4. The molecule has 0 saturated heterocycles. The Hall–Kier alpha value is -2.41. The number of thiazole rings is 1. The first-order valence-corrected chi connectivity index (χ1v) is 10.1. The summed E-state index contributed by atoms with van der Waals surface area (Å²) in [5.41, 5.74) is 2.82. The minimum Gasteiger partial charge on any atom is -0.326 e. The summed E-state index contributed by atoms with van der Waals surface area (Å²) in [6.07, 6.45) is 0.819. The second-order valence-electron chi connectivity index (χ2n) is 6.14. The van der Waals surface area contributed by atoms with Crippen molar-refractivity contribution in [3.8, 4) is 0 Å². The molecule has 8 heteroatoms. The number of hydrogen-bond donors (Lipinski definition) is 2. The van der Waals surface area contributed by atoms with E-state index in [2.05, 4.69) is 15.6 Å². The lowest BCUT2D eigenvalue weighted by molar-refractivity contribution is -0.116. The summed E-state index contributed by atoms with van der Waals surface area (Å²) in [4.78, 5) is 27.9. The van der Waals surface area contributed by atoms with Crippen LogP contribution in [0.4, 0.5) is 11.4 Å². The molecule has 5 nitrogen and oxygen atoms in total. The molecular weight excluding hydrogens is 417 g/mol. The Balaban J connectivity index is 1.59. The van der Waals surface area contributed by atoms with E-state index >= 15 is 0 Å². The first kappa shape index (κ1) is 20.3. The van der Waals surface area contributed by atoms with Gasteiger partial charge in [0.25, 0.3) is 0 Å². The van der Waals surface area contributed by atoms with E-state index in [0.717, 1.165) is 10.6 Å². The van der Waals surface area contributed by atoms with E-state index in [4.69, 9.17) is 23.2 Å². The Bertz CT molecular complexity index is 1020. The number of halogens is 2. The SMILES string of the molecule is CC(=O)Nc1ccc(NC(=O)Cc2csc(Cc3cccc(Cl)c3)n2)c(Cl)c1. The molecule has 0 aliphatic heterocycles. The van der Waals surface area contributed by atoms with Gasteiger partial charge < -0.3 is 10.6 Å². The molecule has 3 rings (SSSR count). The summed E-state index contributed by atoms with van der Waals surface area (Å²) in [5, 5.41) is 9.24. The summed E-state index contributed by atoms with van der Waals surface area (Å²) in [6.45, 7) is 1.41. The minimum atomic E-state index is -0.214. The van der Waals surface area contributed by atoms with Gasteiger partial charge >= 0.3 is 0 Å². The van der Waals surface area contributed by atoms with E-state index in [1.165, 1.54) is 18.3 Å². The lowest BCUT2D eigenvalue weighted by Crippen LogP contribution is -2.15. The largest absolute Gasteiger partial charge is 0.326 e. The molecule has 3 aromatic rings. The number of amides is 2. The molecule has 2 N–H and O–H groups in total. The lowest BCUT2D eigenvalue weighted by atomic mass is 10.2. The third-order valence-corrected chi connectivity index (χ3v) is 5.19. The van der Waals surface area contributed by atoms with Crippen molar-refractivity contribution >= 4 is 57.7 Å². The van der Waals surface area contributed by atoms with Crippen LogP contribution in [0, 0.1) is 0 Å². The number of aromatic nitrogens is 1. The lowest BCUT2D eigenvalue weighted by Gasteiger charge is -2.09. The van der Waals surface area contributed by atoms with Crippen LogP contribution in [0.1, 0.15) is 23.2 Å². The summed E-state index contributed by atoms with van der Waals surface area (Å²) in [7, 11) is 0. The Morgan fingerprint density at radius 2 is 1.93 bits per heavy atom. The van der Waals surface area contributed by atoms with Gasteiger partial charge in [0, 0.05) is 29.4 Å². The number of hydrogen-bond acceptors (Lipinski definition) is 4. The Morgan fingerprint density at radius 3 is 2.64 bits per heavy atom. The van der Waals surface area contributed by atoms with Gasteiger partial charge in [-0.2, -0.15) is 0 Å². The van der Waals surface area contributed by atoms with Crippen molar-refractivity contribution in [3.05, 3.63) is 74.2 Å². The Kier molecular flexibility index (Phi) is 6.67. The van der Waals surface area contributed by atoms with Crippen molar-refractivity contribution in [1.29, 1.82) is 0 Å². The third kappa shape index (κ3) is 5.79. The zero-order valence-electron chi connectivity index (χ0n) is 15.0. The standard InChI is InChI=1S/C20H17Cl2N3O2S/c1-12(26)23-15-5-6-18(17(22)9-15)25-19(27)10-16-11-28-20(24-16)8-13-3-2-4-14(21)7-13/h2-7,9,11H,8,10H2,1H3,(H,23,26)(H,25,27). The van der Waals surface area contributed by atoms with E-state index in [1.54, 1.807) is 18.2 Å². The smallest absolute Gasteiger partial charge is 0.230 e. The first-order valence-electron chi connectivity index (χ1n) is 8.44. The molecule has 0 aliphatic rings. The molecule has 2 aromatic carbocycles. The van der Waals surface area contributed by atoms with Gasteiger partial charge in [-0.3, -0.25) is 9.59 Å². The second kappa shape index (κ2) is 9.19. The summed E-state index contributed by atoms with van der Waals surface area (Å²) >= 11 is 13.7. The molecule has 0 atom stereocenters. The summed E-state index contributed by atoms with van der Waals surface area (Å²) < 4.78 is 0. The number of anilines is 2. The van der Waals surface area contributed by atoms with Crippen LogP contribution in [0.25, 0.3) is 0 Å². The minimum absolute atomic E-state index is 0.149. The van der Waals surface area contributed by atoms with Gasteiger partial charge in [0.2, 0.25) is 11.8 Å². The second-order valence-corrected chi connectivity index (χ2v) is 7.93. The van der Waals surface area contributed by atoms with Crippen molar-refractivity contribution in [3.63, 3.8) is 0 Å². The Morgan fingerprint density at radius 1 is 1.11 bits per heavy atom. The van der Waals surface area contributed by atoms with Crippen LogP contribution in [-0.4, -0.2) is 16.8 Å². The molecule has 1 aromatic heterocycles. The maximum Gasteiger partial charge on any atom is 0.230 e. The fourth-order valence-corrected chi connectivity index (χ4v) is 3.86. The topological polar surface area (TPSA) is 71.1 Å². The summed E-state index contributed by atoms with van der Waals surface area (Å²) in [5.74, 6) is -0.404. The molecule has 0 spiro atoms. The van der Waals surface area contributed by atoms with E-state index in [1.807, 2.05) is 29.6 Å². The number of carbonyl (C=O) groups is 2. The molecule has 0 radical (unpaired) electrons. The van der Waals surface area contributed by atoms with Gasteiger partial charge in [0.1, 0.15) is 0 Å². The molecule has 28 heavy (non-hydrogen) atoms. The maximum absolute atomic E-state index is 12.3. The van der Waals surface area contributed by atoms with E-state index < -0.39 is 0 Å². The molecule has 2 amide bonds. The number of benzene rings is 2. The predicted molar refractivity (Wildman–Crippen MR) is 114 cm³/mol.